The van der Waals surface area contributed by atoms with Crippen molar-refractivity contribution >= 4 is 11.6 Å². The molecule has 0 spiro atoms. The fourth-order valence-corrected chi connectivity index (χ4v) is 1.64. The average molecular weight is 231 g/mol. The van der Waals surface area contributed by atoms with Crippen LogP contribution in [0.2, 0.25) is 0 Å². The molecule has 0 unspecified atom stereocenters. The predicted molar refractivity (Wildman–Crippen MR) is 65.2 cm³/mol. The van der Waals surface area contributed by atoms with E-state index in [-0.39, 0.29) is 17.2 Å². The lowest BCUT2D eigenvalue weighted by Gasteiger charge is -2.19. The maximum Gasteiger partial charge on any atom is 0.276 e. The van der Waals surface area contributed by atoms with Crippen LogP contribution in [-0.2, 0) is 0 Å². The number of carbonyl (C=O) groups is 1. The number of amides is 1. The molecule has 2 rings (SSSR count). The Labute approximate surface area is 98.1 Å². The van der Waals surface area contributed by atoms with Crippen LogP contribution in [0.4, 0.5) is 5.69 Å². The minimum atomic E-state index is -0.308. The summed E-state index contributed by atoms with van der Waals surface area (Å²) in [4.78, 5) is 24.7. The number of nitrogens with one attached hydrogen (secondary N) is 2. The maximum absolute atomic E-state index is 12.1. The van der Waals surface area contributed by atoms with E-state index in [1.54, 1.807) is 4.90 Å². The summed E-state index contributed by atoms with van der Waals surface area (Å²) in [6.07, 6.45) is 0. The van der Waals surface area contributed by atoms with Crippen molar-refractivity contribution in [3.05, 3.63) is 52.4 Å². The molecule has 0 atom stereocenters. The molecule has 0 saturated carbocycles. The standard InChI is InChI=1S/C12H13N3O2/c1-2-15(9-6-4-3-5-7-9)12(17)10-8-11(16)14-13-10/h3-8H,2H2,1H3,(H2,13,14,16). The summed E-state index contributed by atoms with van der Waals surface area (Å²) in [6.45, 7) is 2.42. The van der Waals surface area contributed by atoms with E-state index in [9.17, 15) is 9.59 Å². The Bertz CT molecular complexity index is 556. The van der Waals surface area contributed by atoms with Gasteiger partial charge in [-0.1, -0.05) is 18.2 Å². The summed E-state index contributed by atoms with van der Waals surface area (Å²) < 4.78 is 0. The van der Waals surface area contributed by atoms with Crippen molar-refractivity contribution in [1.29, 1.82) is 0 Å². The Kier molecular flexibility index (Phi) is 3.09. The predicted octanol–water partition coefficient (Wildman–Crippen LogP) is 1.37. The summed E-state index contributed by atoms with van der Waals surface area (Å²) in [6, 6.07) is 10.6. The quantitative estimate of drug-likeness (QED) is 0.837. The van der Waals surface area contributed by atoms with Gasteiger partial charge in [0.25, 0.3) is 11.5 Å². The van der Waals surface area contributed by atoms with Crippen LogP contribution >= 0.6 is 0 Å². The molecule has 0 aliphatic carbocycles. The van der Waals surface area contributed by atoms with Gasteiger partial charge < -0.3 is 4.90 Å². The van der Waals surface area contributed by atoms with Gasteiger partial charge in [-0.05, 0) is 19.1 Å². The van der Waals surface area contributed by atoms with Gasteiger partial charge in [-0.3, -0.25) is 19.8 Å². The lowest BCUT2D eigenvalue weighted by molar-refractivity contribution is 0.0983. The first kappa shape index (κ1) is 11.2. The first-order valence-electron chi connectivity index (χ1n) is 5.37. The second-order valence-electron chi connectivity index (χ2n) is 3.56. The fraction of sp³-hybridized carbons (Fsp3) is 0.167. The second kappa shape index (κ2) is 4.69. The van der Waals surface area contributed by atoms with Gasteiger partial charge in [-0.25, -0.2) is 0 Å². The summed E-state index contributed by atoms with van der Waals surface area (Å²) in [5.74, 6) is -0.225. The van der Waals surface area contributed by atoms with E-state index < -0.39 is 0 Å². The van der Waals surface area contributed by atoms with Crippen LogP contribution in [-0.4, -0.2) is 22.6 Å². The molecule has 88 valence electrons. The van der Waals surface area contributed by atoms with Crippen LogP contribution in [0, 0.1) is 0 Å². The Balaban J connectivity index is 2.31. The molecule has 0 aliphatic heterocycles. The van der Waals surface area contributed by atoms with Crippen molar-refractivity contribution < 1.29 is 4.79 Å². The third kappa shape index (κ3) is 2.28. The SMILES string of the molecule is CCN(C(=O)c1cc(=O)[nH][nH]1)c1ccccc1. The molecule has 1 aromatic carbocycles. The zero-order valence-corrected chi connectivity index (χ0v) is 9.43. The van der Waals surface area contributed by atoms with Crippen LogP contribution in [0.15, 0.2) is 41.2 Å². The van der Waals surface area contributed by atoms with Crippen LogP contribution in [0.25, 0.3) is 0 Å². The number of hydrogen-bond donors (Lipinski definition) is 2. The van der Waals surface area contributed by atoms with Gasteiger partial charge in [0.2, 0.25) is 0 Å². The van der Waals surface area contributed by atoms with Crippen molar-refractivity contribution in [2.75, 3.05) is 11.4 Å². The minimum Gasteiger partial charge on any atom is -0.307 e. The van der Waals surface area contributed by atoms with Crippen molar-refractivity contribution in [2.45, 2.75) is 6.92 Å². The Morgan fingerprint density at radius 3 is 2.47 bits per heavy atom. The molecule has 1 heterocycles. The summed E-state index contributed by atoms with van der Waals surface area (Å²) in [5.41, 5.74) is 0.764. The van der Waals surface area contributed by atoms with Crippen LogP contribution in [0.3, 0.4) is 0 Å². The van der Waals surface area contributed by atoms with Crippen molar-refractivity contribution in [3.63, 3.8) is 0 Å². The highest BCUT2D eigenvalue weighted by Crippen LogP contribution is 2.14. The molecule has 0 saturated heterocycles. The molecule has 5 nitrogen and oxygen atoms in total. The molecule has 0 aliphatic rings. The van der Waals surface area contributed by atoms with Gasteiger partial charge in [0.1, 0.15) is 5.69 Å². The van der Waals surface area contributed by atoms with Gasteiger partial charge in [-0.15, -0.1) is 0 Å². The second-order valence-corrected chi connectivity index (χ2v) is 3.56. The Hall–Kier alpha value is -2.30. The van der Waals surface area contributed by atoms with Crippen LogP contribution in [0.5, 0.6) is 0 Å². The average Bonchev–Trinajstić information content (AvgIpc) is 2.78. The Morgan fingerprint density at radius 2 is 1.94 bits per heavy atom. The van der Waals surface area contributed by atoms with E-state index in [0.717, 1.165) is 5.69 Å². The maximum atomic E-state index is 12.1. The first-order valence-corrected chi connectivity index (χ1v) is 5.37. The highest BCUT2D eigenvalue weighted by Gasteiger charge is 2.17. The normalized spacial score (nSPS) is 10.2. The van der Waals surface area contributed by atoms with E-state index in [4.69, 9.17) is 0 Å². The third-order valence-corrected chi connectivity index (χ3v) is 2.46. The van der Waals surface area contributed by atoms with Gasteiger partial charge in [-0.2, -0.15) is 0 Å². The highest BCUT2D eigenvalue weighted by atomic mass is 16.2. The van der Waals surface area contributed by atoms with E-state index in [1.165, 1.54) is 6.07 Å². The monoisotopic (exact) mass is 231 g/mol. The van der Waals surface area contributed by atoms with Crippen LogP contribution < -0.4 is 10.5 Å². The van der Waals surface area contributed by atoms with Crippen molar-refractivity contribution in [3.8, 4) is 0 Å². The zero-order valence-electron chi connectivity index (χ0n) is 9.43. The lowest BCUT2D eigenvalue weighted by Crippen LogP contribution is -2.30. The van der Waals surface area contributed by atoms with E-state index in [1.807, 2.05) is 37.3 Å². The topological polar surface area (TPSA) is 69.0 Å². The molecular weight excluding hydrogens is 218 g/mol. The number of aromatic amines is 2. The smallest absolute Gasteiger partial charge is 0.276 e. The number of para-hydroxylation sites is 1. The molecule has 5 heteroatoms. The fourth-order valence-electron chi connectivity index (χ4n) is 1.64. The number of hydrogen-bond acceptors (Lipinski definition) is 2. The molecule has 0 fully saturated rings. The van der Waals surface area contributed by atoms with Gasteiger partial charge in [0.15, 0.2) is 0 Å². The molecule has 1 amide bonds. The van der Waals surface area contributed by atoms with E-state index >= 15 is 0 Å². The molecule has 0 radical (unpaired) electrons. The molecule has 1 aromatic heterocycles. The number of H-pyrrole nitrogens is 2. The number of aromatic nitrogens is 2. The molecular formula is C12H13N3O2. The summed E-state index contributed by atoms with van der Waals surface area (Å²) in [7, 11) is 0. The van der Waals surface area contributed by atoms with E-state index in [2.05, 4.69) is 10.2 Å². The van der Waals surface area contributed by atoms with E-state index in [0.29, 0.717) is 6.54 Å². The Morgan fingerprint density at radius 1 is 1.24 bits per heavy atom. The number of benzene rings is 1. The van der Waals surface area contributed by atoms with Crippen molar-refractivity contribution in [1.82, 2.24) is 10.2 Å². The third-order valence-electron chi connectivity index (χ3n) is 2.46. The largest absolute Gasteiger partial charge is 0.307 e. The number of rotatable bonds is 3. The van der Waals surface area contributed by atoms with Crippen LogP contribution in [0.1, 0.15) is 17.4 Å². The van der Waals surface area contributed by atoms with Gasteiger partial charge in [0, 0.05) is 18.3 Å². The molecule has 2 aromatic rings. The lowest BCUT2D eigenvalue weighted by atomic mass is 10.2. The first-order chi connectivity index (χ1) is 8.22. The highest BCUT2D eigenvalue weighted by molar-refractivity contribution is 6.04. The number of nitrogens with zero attached hydrogens (tertiary/aromatic N) is 1. The molecule has 2 N–H and O–H groups in total. The summed E-state index contributed by atoms with van der Waals surface area (Å²) in [5, 5.41) is 4.91. The van der Waals surface area contributed by atoms with Gasteiger partial charge in [0.05, 0.1) is 0 Å². The molecule has 17 heavy (non-hydrogen) atoms. The molecule has 0 bridgehead atoms. The number of carbonyl (C=O) groups excluding carboxylic acids is 1. The van der Waals surface area contributed by atoms with Crippen molar-refractivity contribution in [2.24, 2.45) is 0 Å². The summed E-state index contributed by atoms with van der Waals surface area (Å²) >= 11 is 0. The minimum absolute atomic E-state index is 0.225. The zero-order chi connectivity index (χ0) is 12.3. The number of anilines is 1. The van der Waals surface area contributed by atoms with Gasteiger partial charge >= 0.3 is 0 Å².